The lowest BCUT2D eigenvalue weighted by molar-refractivity contribution is -0.385. The van der Waals surface area contributed by atoms with Gasteiger partial charge in [-0.15, -0.1) is 0 Å². The van der Waals surface area contributed by atoms with Gasteiger partial charge in [0.1, 0.15) is 0 Å². The largest absolute Gasteiger partial charge is 0.490 e. The van der Waals surface area contributed by atoms with E-state index in [1.54, 1.807) is 13.0 Å². The first-order chi connectivity index (χ1) is 8.33. The number of amides is 1. The SMILES string of the molecule is COc1cc(C(C)(C)NC=O)c(C)cc1[N+](=O)[O-]. The molecule has 0 heterocycles. The number of carbonyl (C=O) groups excluding carboxylic acids is 1. The lowest BCUT2D eigenvalue weighted by atomic mass is 9.90. The van der Waals surface area contributed by atoms with Crippen molar-refractivity contribution in [3.63, 3.8) is 0 Å². The van der Waals surface area contributed by atoms with Crippen LogP contribution in [-0.4, -0.2) is 18.4 Å². The van der Waals surface area contributed by atoms with Crippen molar-refractivity contribution in [2.75, 3.05) is 7.11 Å². The number of methoxy groups -OCH3 is 1. The quantitative estimate of drug-likeness (QED) is 0.493. The van der Waals surface area contributed by atoms with Gasteiger partial charge in [0, 0.05) is 6.07 Å². The van der Waals surface area contributed by atoms with E-state index in [2.05, 4.69) is 5.32 Å². The van der Waals surface area contributed by atoms with Crippen LogP contribution < -0.4 is 10.1 Å². The monoisotopic (exact) mass is 252 g/mol. The predicted molar refractivity (Wildman–Crippen MR) is 66.6 cm³/mol. The van der Waals surface area contributed by atoms with Crippen LogP contribution in [0.3, 0.4) is 0 Å². The molecule has 0 aromatic heterocycles. The molecule has 1 aromatic rings. The van der Waals surface area contributed by atoms with Crippen LogP contribution in [0.4, 0.5) is 5.69 Å². The first-order valence-electron chi connectivity index (χ1n) is 5.38. The number of nitrogens with one attached hydrogen (secondary N) is 1. The molecule has 0 fully saturated rings. The molecule has 1 aromatic carbocycles. The number of nitrogens with zero attached hydrogens (tertiary/aromatic N) is 1. The van der Waals surface area contributed by atoms with Crippen LogP contribution in [0, 0.1) is 17.0 Å². The van der Waals surface area contributed by atoms with Crippen LogP contribution in [0.5, 0.6) is 5.75 Å². The van der Waals surface area contributed by atoms with Gasteiger partial charge in [0.25, 0.3) is 0 Å². The Balaban J connectivity index is 3.40. The second kappa shape index (κ2) is 5.03. The van der Waals surface area contributed by atoms with Crippen molar-refractivity contribution in [1.82, 2.24) is 5.32 Å². The average molecular weight is 252 g/mol. The van der Waals surface area contributed by atoms with Crippen molar-refractivity contribution >= 4 is 12.1 Å². The van der Waals surface area contributed by atoms with E-state index in [1.165, 1.54) is 13.2 Å². The molecule has 0 saturated carbocycles. The van der Waals surface area contributed by atoms with Gasteiger partial charge >= 0.3 is 5.69 Å². The standard InChI is InChI=1S/C12H16N2O4/c1-8-5-10(14(16)17)11(18-4)6-9(8)12(2,3)13-7-15/h5-7H,1-4H3,(H,13,15). The molecule has 0 unspecified atom stereocenters. The number of hydrogen-bond donors (Lipinski definition) is 1. The highest BCUT2D eigenvalue weighted by molar-refractivity contribution is 5.56. The van der Waals surface area contributed by atoms with E-state index < -0.39 is 10.5 Å². The van der Waals surface area contributed by atoms with Crippen LogP contribution in [0.15, 0.2) is 12.1 Å². The van der Waals surface area contributed by atoms with Gasteiger partial charge in [-0.1, -0.05) is 0 Å². The molecule has 0 bridgehead atoms. The highest BCUT2D eigenvalue weighted by Gasteiger charge is 2.26. The van der Waals surface area contributed by atoms with Gasteiger partial charge in [-0.2, -0.15) is 0 Å². The van der Waals surface area contributed by atoms with Crippen LogP contribution in [0.2, 0.25) is 0 Å². The lowest BCUT2D eigenvalue weighted by Gasteiger charge is -2.26. The fraction of sp³-hybridized carbons (Fsp3) is 0.417. The normalized spacial score (nSPS) is 10.9. The van der Waals surface area contributed by atoms with Crippen LogP contribution in [-0.2, 0) is 10.3 Å². The minimum Gasteiger partial charge on any atom is -0.490 e. The summed E-state index contributed by atoms with van der Waals surface area (Å²) < 4.78 is 5.02. The maximum atomic E-state index is 10.9. The number of rotatable bonds is 5. The van der Waals surface area contributed by atoms with Crippen LogP contribution in [0.25, 0.3) is 0 Å². The number of aryl methyl sites for hydroxylation is 1. The van der Waals surface area contributed by atoms with Crippen molar-refractivity contribution < 1.29 is 14.5 Å². The van der Waals surface area contributed by atoms with E-state index in [4.69, 9.17) is 4.74 Å². The minimum atomic E-state index is -0.617. The Morgan fingerprint density at radius 1 is 1.44 bits per heavy atom. The van der Waals surface area contributed by atoms with Gasteiger partial charge in [0.15, 0.2) is 5.75 Å². The summed E-state index contributed by atoms with van der Waals surface area (Å²) in [6.45, 7) is 5.39. The molecule has 0 spiro atoms. The van der Waals surface area contributed by atoms with Gasteiger partial charge in [-0.25, -0.2) is 0 Å². The predicted octanol–water partition coefficient (Wildman–Crippen LogP) is 1.89. The number of nitro groups is 1. The number of hydrogen-bond acceptors (Lipinski definition) is 4. The molecule has 0 radical (unpaired) electrons. The van der Waals surface area contributed by atoms with Gasteiger partial charge in [-0.3, -0.25) is 14.9 Å². The van der Waals surface area contributed by atoms with Gasteiger partial charge in [0.05, 0.1) is 17.6 Å². The lowest BCUT2D eigenvalue weighted by Crippen LogP contribution is -2.36. The average Bonchev–Trinajstić information content (AvgIpc) is 2.28. The Bertz CT molecular complexity index is 483. The Hall–Kier alpha value is -2.11. The summed E-state index contributed by atoms with van der Waals surface area (Å²) in [5, 5.41) is 13.5. The molecule has 18 heavy (non-hydrogen) atoms. The molecule has 98 valence electrons. The van der Waals surface area contributed by atoms with Gasteiger partial charge in [0.2, 0.25) is 6.41 Å². The molecule has 1 amide bonds. The number of ether oxygens (including phenoxy) is 1. The Labute approximate surface area is 105 Å². The molecule has 6 nitrogen and oxygen atoms in total. The van der Waals surface area contributed by atoms with E-state index >= 15 is 0 Å². The Morgan fingerprint density at radius 2 is 2.06 bits per heavy atom. The van der Waals surface area contributed by atoms with Crippen LogP contribution >= 0.6 is 0 Å². The zero-order chi connectivity index (χ0) is 13.9. The second-order valence-corrected chi connectivity index (χ2v) is 4.48. The molecule has 0 aliphatic carbocycles. The highest BCUT2D eigenvalue weighted by atomic mass is 16.6. The van der Waals surface area contributed by atoms with Gasteiger partial charge < -0.3 is 10.1 Å². The summed E-state index contributed by atoms with van der Waals surface area (Å²) in [4.78, 5) is 21.0. The molecule has 0 atom stereocenters. The summed E-state index contributed by atoms with van der Waals surface area (Å²) in [6, 6.07) is 3.03. The van der Waals surface area contributed by atoms with Crippen LogP contribution in [0.1, 0.15) is 25.0 Å². The van der Waals surface area contributed by atoms with Crippen molar-refractivity contribution in [3.8, 4) is 5.75 Å². The third-order valence-electron chi connectivity index (χ3n) is 2.82. The van der Waals surface area contributed by atoms with E-state index in [0.29, 0.717) is 6.41 Å². The summed E-state index contributed by atoms with van der Waals surface area (Å²) in [5.41, 5.74) is 0.799. The molecule has 1 rings (SSSR count). The third-order valence-corrected chi connectivity index (χ3v) is 2.82. The third kappa shape index (κ3) is 2.58. The Kier molecular flexibility index (Phi) is 3.90. The molecule has 1 N–H and O–H groups in total. The zero-order valence-electron chi connectivity index (χ0n) is 10.8. The fourth-order valence-corrected chi connectivity index (χ4v) is 1.88. The Morgan fingerprint density at radius 3 is 2.50 bits per heavy atom. The topological polar surface area (TPSA) is 81.5 Å². The molecular formula is C12H16N2O4. The fourth-order valence-electron chi connectivity index (χ4n) is 1.88. The number of benzene rings is 1. The summed E-state index contributed by atoms with van der Waals surface area (Å²) in [6.07, 6.45) is 0.604. The van der Waals surface area contributed by atoms with Gasteiger partial charge in [-0.05, 0) is 38.0 Å². The first kappa shape index (κ1) is 14.0. The smallest absolute Gasteiger partial charge is 0.311 e. The summed E-state index contributed by atoms with van der Waals surface area (Å²) in [7, 11) is 1.38. The van der Waals surface area contributed by atoms with E-state index in [-0.39, 0.29) is 11.4 Å². The molecule has 0 aliphatic rings. The highest BCUT2D eigenvalue weighted by Crippen LogP contribution is 2.34. The molecule has 0 aliphatic heterocycles. The molecule has 6 heteroatoms. The maximum absolute atomic E-state index is 10.9. The van der Waals surface area contributed by atoms with Crippen molar-refractivity contribution in [1.29, 1.82) is 0 Å². The zero-order valence-corrected chi connectivity index (χ0v) is 10.8. The van der Waals surface area contributed by atoms with E-state index in [9.17, 15) is 14.9 Å². The molecule has 0 saturated heterocycles. The molecular weight excluding hydrogens is 236 g/mol. The summed E-state index contributed by atoms with van der Waals surface area (Å²) >= 11 is 0. The van der Waals surface area contributed by atoms with E-state index in [1.807, 2.05) is 13.8 Å². The maximum Gasteiger partial charge on any atom is 0.311 e. The second-order valence-electron chi connectivity index (χ2n) is 4.48. The van der Waals surface area contributed by atoms with Crippen molar-refractivity contribution in [2.24, 2.45) is 0 Å². The minimum absolute atomic E-state index is 0.0827. The van der Waals surface area contributed by atoms with E-state index in [0.717, 1.165) is 11.1 Å². The summed E-state index contributed by atoms with van der Waals surface area (Å²) in [5.74, 6) is 0.182. The number of nitro benzene ring substituents is 1. The number of carbonyl (C=O) groups is 1. The van der Waals surface area contributed by atoms with Crippen molar-refractivity contribution in [2.45, 2.75) is 26.3 Å². The van der Waals surface area contributed by atoms with Crippen molar-refractivity contribution in [3.05, 3.63) is 33.4 Å². The first-order valence-corrected chi connectivity index (χ1v) is 5.38.